The van der Waals surface area contributed by atoms with Gasteiger partial charge in [0.1, 0.15) is 5.75 Å². The fraction of sp³-hybridized carbons (Fsp3) is 0.700. The van der Waals surface area contributed by atoms with Gasteiger partial charge in [-0.2, -0.15) is 0 Å². The predicted molar refractivity (Wildman–Crippen MR) is 94.8 cm³/mol. The van der Waals surface area contributed by atoms with Crippen LogP contribution in [0.1, 0.15) is 83.9 Å². The Morgan fingerprint density at radius 1 is 0.955 bits per heavy atom. The highest BCUT2D eigenvalue weighted by Gasteiger charge is 2.28. The third-order valence-electron chi connectivity index (χ3n) is 4.51. The third-order valence-corrected chi connectivity index (χ3v) is 4.51. The Bertz CT molecular complexity index is 481. The zero-order chi connectivity index (χ0) is 17.0. The third kappa shape index (κ3) is 4.74. The van der Waals surface area contributed by atoms with Gasteiger partial charge in [0.15, 0.2) is 0 Å². The van der Waals surface area contributed by atoms with Crippen molar-refractivity contribution in [3.05, 3.63) is 28.8 Å². The normalized spacial score (nSPS) is 12.7. The van der Waals surface area contributed by atoms with Gasteiger partial charge < -0.3 is 10.2 Å². The Morgan fingerprint density at radius 3 is 2.05 bits per heavy atom. The van der Waals surface area contributed by atoms with Crippen LogP contribution in [0, 0.1) is 0 Å². The lowest BCUT2D eigenvalue weighted by Gasteiger charge is -2.31. The van der Waals surface area contributed by atoms with Gasteiger partial charge in [-0.3, -0.25) is 0 Å². The van der Waals surface area contributed by atoms with Gasteiger partial charge in [0, 0.05) is 12.2 Å². The molecule has 0 unspecified atom stereocenters. The largest absolute Gasteiger partial charge is 0.507 e. The van der Waals surface area contributed by atoms with E-state index in [1.165, 1.54) is 19.3 Å². The van der Waals surface area contributed by atoms with Crippen molar-refractivity contribution in [2.24, 2.45) is 0 Å². The van der Waals surface area contributed by atoms with Crippen LogP contribution in [0.25, 0.3) is 0 Å². The highest BCUT2D eigenvalue weighted by atomic mass is 16.3. The maximum atomic E-state index is 10.8. The Labute approximate surface area is 136 Å². The van der Waals surface area contributed by atoms with Gasteiger partial charge >= 0.3 is 0 Å². The fourth-order valence-corrected chi connectivity index (χ4v) is 3.01. The first-order chi connectivity index (χ1) is 10.1. The van der Waals surface area contributed by atoms with Gasteiger partial charge in [-0.05, 0) is 34.8 Å². The summed E-state index contributed by atoms with van der Waals surface area (Å²) >= 11 is 0. The molecule has 0 radical (unpaired) electrons. The Morgan fingerprint density at radius 2 is 1.55 bits per heavy atom. The number of aliphatic hydroxyl groups is 1. The number of aliphatic hydroxyl groups excluding tert-OH is 1. The lowest BCUT2D eigenvalue weighted by Crippen LogP contribution is -2.21. The predicted octanol–water partition coefficient (Wildman–Crippen LogP) is 5.08. The van der Waals surface area contributed by atoms with E-state index < -0.39 is 0 Å². The molecule has 0 aliphatic rings. The standard InChI is InChI=1S/C20H34O2/c1-7-8-9-11-20(5,6)17-14-15(10-12-21)13-16(18(17)22)19(2,3)4/h13-14,21-22H,7-12H2,1-6H3. The Hall–Kier alpha value is -1.02. The van der Waals surface area contributed by atoms with E-state index in [2.05, 4.69) is 53.7 Å². The van der Waals surface area contributed by atoms with E-state index in [1.807, 2.05) is 0 Å². The molecule has 1 rings (SSSR count). The van der Waals surface area contributed by atoms with Gasteiger partial charge in [-0.15, -0.1) is 0 Å². The number of hydrogen-bond acceptors (Lipinski definition) is 2. The molecule has 1 aromatic rings. The van der Waals surface area contributed by atoms with E-state index in [9.17, 15) is 10.2 Å². The number of unbranched alkanes of at least 4 members (excludes halogenated alkanes) is 2. The second kappa shape index (κ2) is 7.50. The van der Waals surface area contributed by atoms with Crippen molar-refractivity contribution in [3.8, 4) is 5.75 Å². The summed E-state index contributed by atoms with van der Waals surface area (Å²) < 4.78 is 0. The number of hydrogen-bond donors (Lipinski definition) is 2. The van der Waals surface area contributed by atoms with E-state index in [0.717, 1.165) is 23.1 Å². The van der Waals surface area contributed by atoms with Crippen LogP contribution in [0.15, 0.2) is 12.1 Å². The molecule has 0 aliphatic heterocycles. The molecule has 2 N–H and O–H groups in total. The van der Waals surface area contributed by atoms with Crippen molar-refractivity contribution in [1.29, 1.82) is 0 Å². The quantitative estimate of drug-likeness (QED) is 0.689. The van der Waals surface area contributed by atoms with Crippen molar-refractivity contribution < 1.29 is 10.2 Å². The second-order valence-electron chi connectivity index (χ2n) is 8.10. The average molecular weight is 306 g/mol. The summed E-state index contributed by atoms with van der Waals surface area (Å²) in [5, 5.41) is 20.1. The van der Waals surface area contributed by atoms with Crippen molar-refractivity contribution in [2.75, 3.05) is 6.61 Å². The molecule has 0 fully saturated rings. The zero-order valence-electron chi connectivity index (χ0n) is 15.3. The van der Waals surface area contributed by atoms with Crippen LogP contribution < -0.4 is 0 Å². The van der Waals surface area contributed by atoms with Crippen molar-refractivity contribution in [2.45, 2.75) is 84.5 Å². The molecule has 0 aromatic heterocycles. The lowest BCUT2D eigenvalue weighted by atomic mass is 9.75. The molecule has 0 spiro atoms. The van der Waals surface area contributed by atoms with E-state index in [0.29, 0.717) is 12.2 Å². The molecule has 0 aliphatic carbocycles. The van der Waals surface area contributed by atoms with Gasteiger partial charge in [0.2, 0.25) is 0 Å². The molecule has 22 heavy (non-hydrogen) atoms. The minimum Gasteiger partial charge on any atom is -0.507 e. The maximum absolute atomic E-state index is 10.8. The van der Waals surface area contributed by atoms with Crippen LogP contribution >= 0.6 is 0 Å². The van der Waals surface area contributed by atoms with Crippen LogP contribution in [-0.2, 0) is 17.3 Å². The first kappa shape index (κ1) is 19.0. The Balaban J connectivity index is 3.29. The molecule has 126 valence electrons. The number of aromatic hydroxyl groups is 1. The molecule has 0 amide bonds. The molecular formula is C20H34O2. The Kier molecular flexibility index (Phi) is 6.49. The molecule has 0 heterocycles. The number of phenolic OH excluding ortho intramolecular Hbond substituents is 1. The smallest absolute Gasteiger partial charge is 0.123 e. The topological polar surface area (TPSA) is 40.5 Å². The van der Waals surface area contributed by atoms with E-state index in [1.54, 1.807) is 0 Å². The van der Waals surface area contributed by atoms with Gasteiger partial charge in [-0.1, -0.05) is 72.9 Å². The molecule has 0 atom stereocenters. The van der Waals surface area contributed by atoms with Gasteiger partial charge in [-0.25, -0.2) is 0 Å². The summed E-state index contributed by atoms with van der Waals surface area (Å²) in [7, 11) is 0. The summed E-state index contributed by atoms with van der Waals surface area (Å²) in [4.78, 5) is 0. The zero-order valence-corrected chi connectivity index (χ0v) is 15.3. The molecule has 2 nitrogen and oxygen atoms in total. The summed E-state index contributed by atoms with van der Waals surface area (Å²) in [5.41, 5.74) is 2.97. The van der Waals surface area contributed by atoms with Crippen molar-refractivity contribution in [3.63, 3.8) is 0 Å². The highest BCUT2D eigenvalue weighted by molar-refractivity contribution is 5.50. The summed E-state index contributed by atoms with van der Waals surface area (Å²) in [6.45, 7) is 13.2. The van der Waals surface area contributed by atoms with Gasteiger partial charge in [0.25, 0.3) is 0 Å². The summed E-state index contributed by atoms with van der Waals surface area (Å²) in [6.07, 6.45) is 5.33. The minimum absolute atomic E-state index is 0.0509. The van der Waals surface area contributed by atoms with Crippen LogP contribution in [0.4, 0.5) is 0 Å². The van der Waals surface area contributed by atoms with Gasteiger partial charge in [0.05, 0.1) is 0 Å². The average Bonchev–Trinajstić information content (AvgIpc) is 2.39. The van der Waals surface area contributed by atoms with Crippen LogP contribution in [0.3, 0.4) is 0 Å². The van der Waals surface area contributed by atoms with Crippen LogP contribution in [0.2, 0.25) is 0 Å². The summed E-state index contributed by atoms with van der Waals surface area (Å²) in [5.74, 6) is 0.440. The molecule has 0 saturated carbocycles. The molecular weight excluding hydrogens is 272 g/mol. The molecule has 0 bridgehead atoms. The number of benzene rings is 1. The number of phenols is 1. The summed E-state index contributed by atoms with van der Waals surface area (Å²) in [6, 6.07) is 4.14. The number of rotatable bonds is 7. The van der Waals surface area contributed by atoms with E-state index >= 15 is 0 Å². The first-order valence-corrected chi connectivity index (χ1v) is 8.61. The maximum Gasteiger partial charge on any atom is 0.123 e. The van der Waals surface area contributed by atoms with E-state index in [4.69, 9.17) is 0 Å². The van der Waals surface area contributed by atoms with E-state index in [-0.39, 0.29) is 17.4 Å². The minimum atomic E-state index is -0.107. The SMILES string of the molecule is CCCCCC(C)(C)c1cc(CCO)cc(C(C)(C)C)c1O. The lowest BCUT2D eigenvalue weighted by molar-refractivity contribution is 0.299. The first-order valence-electron chi connectivity index (χ1n) is 8.61. The van der Waals surface area contributed by atoms with Crippen LogP contribution in [0.5, 0.6) is 5.75 Å². The molecule has 0 saturated heterocycles. The van der Waals surface area contributed by atoms with Crippen molar-refractivity contribution >= 4 is 0 Å². The molecule has 1 aromatic carbocycles. The van der Waals surface area contributed by atoms with Crippen LogP contribution in [-0.4, -0.2) is 16.8 Å². The molecule has 2 heteroatoms. The van der Waals surface area contributed by atoms with Crippen molar-refractivity contribution in [1.82, 2.24) is 0 Å². The fourth-order valence-electron chi connectivity index (χ4n) is 3.01. The monoisotopic (exact) mass is 306 g/mol. The second-order valence-corrected chi connectivity index (χ2v) is 8.10. The highest BCUT2D eigenvalue weighted by Crippen LogP contribution is 2.42.